The molecule has 2 aliphatic rings. The maximum Gasteiger partial charge on any atom is 0.237 e. The Kier molecular flexibility index (Phi) is 5.65. The van der Waals surface area contributed by atoms with Crippen molar-refractivity contribution >= 4 is 18.3 Å². The third-order valence-electron chi connectivity index (χ3n) is 4.65. The predicted molar refractivity (Wildman–Crippen MR) is 84.5 cm³/mol. The lowest BCUT2D eigenvalue weighted by Gasteiger charge is -2.24. The van der Waals surface area contributed by atoms with Gasteiger partial charge in [0, 0.05) is 25.8 Å². The van der Waals surface area contributed by atoms with E-state index in [9.17, 15) is 4.79 Å². The van der Waals surface area contributed by atoms with Gasteiger partial charge in [-0.3, -0.25) is 9.48 Å². The Bertz CT molecular complexity index is 462. The summed E-state index contributed by atoms with van der Waals surface area (Å²) in [6.45, 7) is 0.692. The monoisotopic (exact) mass is 312 g/mol. The largest absolute Gasteiger partial charge is 0.354 e. The molecule has 1 aliphatic carbocycles. The van der Waals surface area contributed by atoms with Gasteiger partial charge in [-0.1, -0.05) is 12.8 Å². The fraction of sp³-hybridized carbons (Fsp3) is 0.733. The van der Waals surface area contributed by atoms with Crippen LogP contribution in [0.25, 0.3) is 0 Å². The summed E-state index contributed by atoms with van der Waals surface area (Å²) in [5, 5.41) is 10.7. The summed E-state index contributed by atoms with van der Waals surface area (Å²) in [7, 11) is 1.91. The number of hydrogen-bond acceptors (Lipinski definition) is 3. The Hall–Kier alpha value is -1.07. The Labute approximate surface area is 132 Å². The smallest absolute Gasteiger partial charge is 0.237 e. The highest BCUT2D eigenvalue weighted by atomic mass is 35.5. The average molecular weight is 313 g/mol. The molecule has 1 saturated heterocycles. The fourth-order valence-corrected chi connectivity index (χ4v) is 3.58. The Balaban J connectivity index is 0.00000161. The van der Waals surface area contributed by atoms with E-state index in [4.69, 9.17) is 0 Å². The van der Waals surface area contributed by atoms with E-state index in [2.05, 4.69) is 15.7 Å². The number of carbonyl (C=O) groups is 1. The van der Waals surface area contributed by atoms with Crippen LogP contribution in [0, 0.1) is 5.92 Å². The first-order valence-corrected chi connectivity index (χ1v) is 7.73. The van der Waals surface area contributed by atoms with E-state index >= 15 is 0 Å². The molecule has 3 rings (SSSR count). The number of carbonyl (C=O) groups excluding carboxylic acids is 1. The average Bonchev–Trinajstić information content (AvgIpc) is 3.04. The molecule has 5 nitrogen and oxygen atoms in total. The summed E-state index contributed by atoms with van der Waals surface area (Å²) >= 11 is 0. The lowest BCUT2D eigenvalue weighted by Crippen LogP contribution is -2.43. The number of amides is 1. The van der Waals surface area contributed by atoms with Gasteiger partial charge >= 0.3 is 0 Å². The normalized spacial score (nSPS) is 27.8. The highest BCUT2D eigenvalue weighted by Gasteiger charge is 2.37. The van der Waals surface area contributed by atoms with Crippen LogP contribution in [0.5, 0.6) is 0 Å². The third kappa shape index (κ3) is 3.98. The van der Waals surface area contributed by atoms with Crippen LogP contribution >= 0.6 is 12.4 Å². The molecule has 1 aromatic rings. The lowest BCUT2D eigenvalue weighted by molar-refractivity contribution is -0.122. The third-order valence-corrected chi connectivity index (χ3v) is 4.65. The summed E-state index contributed by atoms with van der Waals surface area (Å²) in [5.74, 6) is 0.890. The first-order valence-electron chi connectivity index (χ1n) is 7.73. The van der Waals surface area contributed by atoms with Crippen LogP contribution in [0.4, 0.5) is 0 Å². The first kappa shape index (κ1) is 16.3. The van der Waals surface area contributed by atoms with Crippen molar-refractivity contribution in [2.24, 2.45) is 13.0 Å². The van der Waals surface area contributed by atoms with Gasteiger partial charge in [-0.15, -0.1) is 12.4 Å². The van der Waals surface area contributed by atoms with Crippen molar-refractivity contribution < 1.29 is 4.79 Å². The zero-order valence-corrected chi connectivity index (χ0v) is 13.4. The number of fused-ring (bicyclic) bond motifs is 1. The van der Waals surface area contributed by atoms with Crippen molar-refractivity contribution in [3.63, 3.8) is 0 Å². The maximum atomic E-state index is 12.2. The molecular formula is C15H25ClN4O. The Morgan fingerprint density at radius 3 is 3.00 bits per heavy atom. The van der Waals surface area contributed by atoms with Gasteiger partial charge in [-0.05, 0) is 37.2 Å². The van der Waals surface area contributed by atoms with Crippen LogP contribution in [0.3, 0.4) is 0 Å². The lowest BCUT2D eigenvalue weighted by atomic mass is 9.85. The second kappa shape index (κ2) is 7.27. The zero-order chi connectivity index (χ0) is 13.9. The summed E-state index contributed by atoms with van der Waals surface area (Å²) < 4.78 is 1.79. The summed E-state index contributed by atoms with van der Waals surface area (Å²) in [4.78, 5) is 12.2. The second-order valence-corrected chi connectivity index (χ2v) is 6.17. The van der Waals surface area contributed by atoms with Crippen molar-refractivity contribution in [3.05, 3.63) is 18.0 Å². The van der Waals surface area contributed by atoms with Crippen LogP contribution < -0.4 is 10.6 Å². The van der Waals surface area contributed by atoms with E-state index < -0.39 is 0 Å². The molecule has 1 aromatic heterocycles. The van der Waals surface area contributed by atoms with E-state index in [0.717, 1.165) is 18.8 Å². The van der Waals surface area contributed by atoms with Crippen LogP contribution in [-0.4, -0.2) is 34.3 Å². The van der Waals surface area contributed by atoms with Gasteiger partial charge in [0.25, 0.3) is 0 Å². The van der Waals surface area contributed by atoms with Crippen molar-refractivity contribution in [1.29, 1.82) is 0 Å². The molecule has 118 valence electrons. The summed E-state index contributed by atoms with van der Waals surface area (Å²) in [6.07, 6.45) is 10.9. The van der Waals surface area contributed by atoms with E-state index in [1.54, 1.807) is 4.68 Å². The van der Waals surface area contributed by atoms with Gasteiger partial charge in [-0.2, -0.15) is 5.10 Å². The SMILES string of the molecule is Cl.Cn1cc(CCNC(=O)C2CC3CCCCC3N2)cn1. The molecule has 3 unspecified atom stereocenters. The van der Waals surface area contributed by atoms with Crippen LogP contribution in [0.15, 0.2) is 12.4 Å². The minimum Gasteiger partial charge on any atom is -0.354 e. The molecule has 0 spiro atoms. The molecule has 2 N–H and O–H groups in total. The van der Waals surface area contributed by atoms with E-state index in [1.165, 1.54) is 31.2 Å². The fourth-order valence-electron chi connectivity index (χ4n) is 3.58. The number of rotatable bonds is 4. The number of nitrogens with one attached hydrogen (secondary N) is 2. The molecule has 6 heteroatoms. The number of hydrogen-bond donors (Lipinski definition) is 2. The summed E-state index contributed by atoms with van der Waals surface area (Å²) in [6, 6.07) is 0.606. The Morgan fingerprint density at radius 2 is 2.29 bits per heavy atom. The quantitative estimate of drug-likeness (QED) is 0.884. The molecule has 1 amide bonds. The van der Waals surface area contributed by atoms with E-state index in [0.29, 0.717) is 12.6 Å². The van der Waals surface area contributed by atoms with Crippen LogP contribution in [0.2, 0.25) is 0 Å². The molecular weight excluding hydrogens is 288 g/mol. The van der Waals surface area contributed by atoms with Crippen molar-refractivity contribution in [3.8, 4) is 0 Å². The number of aryl methyl sites for hydroxylation is 1. The molecule has 0 bridgehead atoms. The molecule has 1 saturated carbocycles. The van der Waals surface area contributed by atoms with Crippen LogP contribution in [-0.2, 0) is 18.3 Å². The van der Waals surface area contributed by atoms with E-state index in [1.807, 2.05) is 19.4 Å². The molecule has 0 aromatic carbocycles. The highest BCUT2D eigenvalue weighted by molar-refractivity contribution is 5.85. The molecule has 3 atom stereocenters. The van der Waals surface area contributed by atoms with E-state index in [-0.39, 0.29) is 24.4 Å². The standard InChI is InChI=1S/C15H24N4O.ClH/c1-19-10-11(9-17-19)6-7-16-15(20)14-8-12-4-2-3-5-13(12)18-14;/h9-10,12-14,18H,2-8H2,1H3,(H,16,20);1H. The van der Waals surface area contributed by atoms with Crippen LogP contribution in [0.1, 0.15) is 37.7 Å². The highest BCUT2D eigenvalue weighted by Crippen LogP contribution is 2.33. The second-order valence-electron chi connectivity index (χ2n) is 6.17. The minimum atomic E-state index is 0. The molecule has 2 heterocycles. The minimum absolute atomic E-state index is 0. The van der Waals surface area contributed by atoms with Crippen molar-refractivity contribution in [2.75, 3.05) is 6.54 Å². The first-order chi connectivity index (χ1) is 9.72. The van der Waals surface area contributed by atoms with Crippen molar-refractivity contribution in [2.45, 2.75) is 50.6 Å². The number of aromatic nitrogens is 2. The maximum absolute atomic E-state index is 12.2. The van der Waals surface area contributed by atoms with Gasteiger partial charge in [0.05, 0.1) is 12.2 Å². The number of nitrogens with zero attached hydrogens (tertiary/aromatic N) is 2. The van der Waals surface area contributed by atoms with Gasteiger partial charge in [0.1, 0.15) is 0 Å². The van der Waals surface area contributed by atoms with Gasteiger partial charge in [0.2, 0.25) is 5.91 Å². The number of halogens is 1. The topological polar surface area (TPSA) is 59.0 Å². The van der Waals surface area contributed by atoms with Gasteiger partial charge in [-0.25, -0.2) is 0 Å². The molecule has 0 radical (unpaired) electrons. The van der Waals surface area contributed by atoms with Gasteiger partial charge in [0.15, 0.2) is 0 Å². The molecule has 1 aliphatic heterocycles. The molecule has 21 heavy (non-hydrogen) atoms. The Morgan fingerprint density at radius 1 is 1.48 bits per heavy atom. The summed E-state index contributed by atoms with van der Waals surface area (Å²) in [5.41, 5.74) is 1.17. The van der Waals surface area contributed by atoms with Gasteiger partial charge < -0.3 is 10.6 Å². The predicted octanol–water partition coefficient (Wildman–Crippen LogP) is 1.42. The molecule has 2 fully saturated rings. The zero-order valence-electron chi connectivity index (χ0n) is 12.5. The van der Waals surface area contributed by atoms with Crippen molar-refractivity contribution in [1.82, 2.24) is 20.4 Å².